The molecule has 0 amide bonds. The van der Waals surface area contributed by atoms with E-state index < -0.39 is 0 Å². The molecule has 13 heavy (non-hydrogen) atoms. The van der Waals surface area contributed by atoms with E-state index in [4.69, 9.17) is 4.74 Å². The van der Waals surface area contributed by atoms with Gasteiger partial charge in [-0.1, -0.05) is 0 Å². The van der Waals surface area contributed by atoms with Crippen molar-refractivity contribution in [3.63, 3.8) is 0 Å². The summed E-state index contributed by atoms with van der Waals surface area (Å²) < 4.78 is 6.59. The van der Waals surface area contributed by atoms with E-state index in [0.29, 0.717) is 0 Å². The van der Waals surface area contributed by atoms with Crippen LogP contribution < -0.4 is 9.06 Å². The Morgan fingerprint density at radius 1 is 1.15 bits per heavy atom. The molecule has 1 fully saturated rings. The van der Waals surface area contributed by atoms with Gasteiger partial charge in [0, 0.05) is 0 Å². The average Bonchev–Trinajstić information content (AvgIpc) is 2.20. The van der Waals surface area contributed by atoms with Crippen LogP contribution in [0.3, 0.4) is 0 Å². The normalized spacial score (nSPS) is 17.5. The van der Waals surface area contributed by atoms with Crippen molar-refractivity contribution in [2.45, 2.75) is 0 Å². The van der Waals surface area contributed by atoms with Crippen LogP contribution in [0.25, 0.3) is 0 Å². The van der Waals surface area contributed by atoms with Crippen molar-refractivity contribution < 1.29 is 23.0 Å². The molecule has 0 saturated carbocycles. The van der Waals surface area contributed by atoms with E-state index >= 15 is 0 Å². The van der Waals surface area contributed by atoms with Crippen molar-refractivity contribution >= 4 is 9.85 Å². The van der Waals surface area contributed by atoms with E-state index in [2.05, 4.69) is 47.5 Å². The number of para-hydroxylation sites is 1. The standard InChI is InChI=1S/C10H12NO.Ru/c1-2-4-10(5-3-1)11-6-8-12-9-7-11;/h1-4H,6-9H2;. The summed E-state index contributed by atoms with van der Waals surface area (Å²) in [4.78, 5) is 2.37. The molecule has 0 unspecified atom stereocenters. The van der Waals surface area contributed by atoms with Gasteiger partial charge in [0.1, 0.15) is 0 Å². The summed E-state index contributed by atoms with van der Waals surface area (Å²) in [6.07, 6.45) is 0. The first kappa shape index (κ1) is 9.17. The molecule has 0 N–H and O–H groups in total. The van der Waals surface area contributed by atoms with Crippen LogP contribution in [0.5, 0.6) is 0 Å². The molecule has 0 aliphatic carbocycles. The van der Waals surface area contributed by atoms with Crippen molar-refractivity contribution in [2.75, 3.05) is 31.2 Å². The number of nitrogens with zero attached hydrogens (tertiary/aromatic N) is 1. The van der Waals surface area contributed by atoms with E-state index in [-0.39, 0.29) is 0 Å². The van der Waals surface area contributed by atoms with Crippen LogP contribution in [-0.4, -0.2) is 26.3 Å². The third-order valence-corrected chi connectivity index (χ3v) is 2.93. The molecule has 0 bridgehead atoms. The average molecular weight is 263 g/mol. The van der Waals surface area contributed by atoms with Crippen LogP contribution in [0.15, 0.2) is 24.3 Å². The maximum atomic E-state index is 5.31. The molecule has 1 aromatic carbocycles. The maximum absolute atomic E-state index is 5.31. The first-order valence-electron chi connectivity index (χ1n) is 4.44. The first-order valence-corrected chi connectivity index (χ1v) is 5.31. The Morgan fingerprint density at radius 2 is 1.85 bits per heavy atom. The summed E-state index contributed by atoms with van der Waals surface area (Å²) in [6.45, 7) is 3.71. The Labute approximate surface area is 88.6 Å². The number of hydrogen-bond acceptors (Lipinski definition) is 2. The van der Waals surface area contributed by atoms with Crippen molar-refractivity contribution in [3.05, 3.63) is 24.3 Å². The second-order valence-electron chi connectivity index (χ2n) is 3.04. The number of morpholine rings is 1. The van der Waals surface area contributed by atoms with Crippen LogP contribution in [0.4, 0.5) is 5.69 Å². The van der Waals surface area contributed by atoms with Gasteiger partial charge in [0.15, 0.2) is 0 Å². The van der Waals surface area contributed by atoms with Crippen LogP contribution in [0.1, 0.15) is 0 Å². The summed E-state index contributed by atoms with van der Waals surface area (Å²) in [7, 11) is 0. The predicted molar refractivity (Wildman–Crippen MR) is 49.1 cm³/mol. The minimum absolute atomic E-state index is 0.848. The molecular weight excluding hydrogens is 251 g/mol. The van der Waals surface area contributed by atoms with Gasteiger partial charge in [-0.25, -0.2) is 0 Å². The Bertz CT molecular complexity index is 284. The molecular formula is C10H12NORu. The third-order valence-electron chi connectivity index (χ3n) is 2.19. The van der Waals surface area contributed by atoms with Gasteiger partial charge in [-0.2, -0.15) is 0 Å². The molecule has 1 aliphatic rings. The van der Waals surface area contributed by atoms with Crippen molar-refractivity contribution in [3.8, 4) is 0 Å². The van der Waals surface area contributed by atoms with Crippen molar-refractivity contribution in [1.29, 1.82) is 0 Å². The second-order valence-corrected chi connectivity index (χ2v) is 3.97. The molecule has 0 radical (unpaired) electrons. The van der Waals surface area contributed by atoms with Gasteiger partial charge in [0.2, 0.25) is 0 Å². The Hall–Kier alpha value is -0.397. The molecule has 1 saturated heterocycles. The Kier molecular flexibility index (Phi) is 2.97. The van der Waals surface area contributed by atoms with E-state index in [1.165, 1.54) is 9.85 Å². The fourth-order valence-electron chi connectivity index (χ4n) is 1.50. The molecule has 0 spiro atoms. The summed E-state index contributed by atoms with van der Waals surface area (Å²) in [6, 6.07) is 8.44. The van der Waals surface area contributed by atoms with E-state index in [1.54, 1.807) is 0 Å². The topological polar surface area (TPSA) is 12.5 Å². The van der Waals surface area contributed by atoms with Gasteiger partial charge in [0.25, 0.3) is 0 Å². The molecule has 3 heteroatoms. The van der Waals surface area contributed by atoms with Gasteiger partial charge in [-0.05, 0) is 0 Å². The molecule has 71 valence electrons. The Morgan fingerprint density at radius 3 is 2.54 bits per heavy atom. The van der Waals surface area contributed by atoms with Gasteiger partial charge in [-0.15, -0.1) is 0 Å². The van der Waals surface area contributed by atoms with Gasteiger partial charge in [-0.3, -0.25) is 0 Å². The zero-order valence-corrected chi connectivity index (χ0v) is 9.08. The monoisotopic (exact) mass is 264 g/mol. The zero-order chi connectivity index (χ0) is 9.10. The molecule has 1 aromatic rings. The number of ether oxygens (including phenoxy) is 1. The summed E-state index contributed by atoms with van der Waals surface area (Å²) in [5.74, 6) is 0. The van der Waals surface area contributed by atoms with Gasteiger partial charge in [0.05, 0.1) is 0 Å². The first-order chi connectivity index (χ1) is 6.38. The third kappa shape index (κ3) is 2.09. The summed E-state index contributed by atoms with van der Waals surface area (Å²) in [5.41, 5.74) is 1.32. The van der Waals surface area contributed by atoms with Crippen molar-refractivity contribution in [1.82, 2.24) is 0 Å². The summed E-state index contributed by atoms with van der Waals surface area (Å²) >= 11 is 2.68. The van der Waals surface area contributed by atoms with Crippen LogP contribution in [0, 0.1) is 0 Å². The molecule has 2 nitrogen and oxygen atoms in total. The molecule has 2 rings (SSSR count). The van der Waals surface area contributed by atoms with Gasteiger partial charge < -0.3 is 0 Å². The quantitative estimate of drug-likeness (QED) is 0.691. The number of benzene rings is 1. The minimum atomic E-state index is 0.848. The SMILES string of the molecule is [Ru][c]1ccccc1N1CCOCC1. The number of anilines is 1. The Balaban J connectivity index is 2.18. The van der Waals surface area contributed by atoms with Gasteiger partial charge >= 0.3 is 88.4 Å². The number of hydrogen-bond donors (Lipinski definition) is 0. The van der Waals surface area contributed by atoms with Crippen LogP contribution in [0.2, 0.25) is 0 Å². The summed E-state index contributed by atoms with van der Waals surface area (Å²) in [5, 5.41) is 0. The molecule has 0 aromatic heterocycles. The second kappa shape index (κ2) is 4.21. The zero-order valence-electron chi connectivity index (χ0n) is 7.35. The van der Waals surface area contributed by atoms with Crippen LogP contribution >= 0.6 is 0 Å². The molecule has 1 aliphatic heterocycles. The van der Waals surface area contributed by atoms with E-state index in [9.17, 15) is 0 Å². The predicted octanol–water partition coefficient (Wildman–Crippen LogP) is 0.695. The van der Waals surface area contributed by atoms with Crippen LogP contribution in [-0.2, 0) is 23.0 Å². The number of rotatable bonds is 1. The molecule has 1 heterocycles. The molecule has 0 atom stereocenters. The van der Waals surface area contributed by atoms with Crippen molar-refractivity contribution in [2.24, 2.45) is 0 Å². The van der Waals surface area contributed by atoms with E-state index in [1.807, 2.05) is 0 Å². The fraction of sp³-hybridized carbons (Fsp3) is 0.400. The van der Waals surface area contributed by atoms with E-state index in [0.717, 1.165) is 26.3 Å². The fourth-order valence-corrected chi connectivity index (χ4v) is 2.09.